The Morgan fingerprint density at radius 3 is 2.47 bits per heavy atom. The molecule has 1 rings (SSSR count). The average molecular weight is 241 g/mol. The van der Waals surface area contributed by atoms with E-state index in [1.807, 2.05) is 0 Å². The van der Waals surface area contributed by atoms with Gasteiger partial charge in [-0.15, -0.1) is 0 Å². The highest BCUT2D eigenvalue weighted by molar-refractivity contribution is 5.72. The van der Waals surface area contributed by atoms with Crippen LogP contribution in [0.4, 0.5) is 4.39 Å². The predicted octanol–water partition coefficient (Wildman–Crippen LogP) is 1.79. The van der Waals surface area contributed by atoms with Crippen LogP contribution in [0.15, 0.2) is 18.5 Å². The molecule has 0 amide bonds. The number of rotatable bonds is 4. The molecule has 5 heteroatoms. The maximum atomic E-state index is 13.0. The van der Waals surface area contributed by atoms with Gasteiger partial charge in [-0.05, 0) is 18.9 Å². The number of halogens is 1. The number of pyridine rings is 1. The van der Waals surface area contributed by atoms with Gasteiger partial charge in [0, 0.05) is 11.8 Å². The van der Waals surface area contributed by atoms with Gasteiger partial charge in [-0.3, -0.25) is 9.78 Å². The number of nitrogens with zero attached hydrogens (tertiary/aromatic N) is 1. The molecule has 2 atom stereocenters. The molecule has 17 heavy (non-hydrogen) atoms. The first kappa shape index (κ1) is 13.6. The van der Waals surface area contributed by atoms with Crippen molar-refractivity contribution in [3.05, 3.63) is 29.8 Å². The number of hydrogen-bond acceptors (Lipinski definition) is 3. The Bertz CT molecular complexity index is 418. The van der Waals surface area contributed by atoms with Gasteiger partial charge in [0.05, 0.1) is 12.1 Å². The Hall–Kier alpha value is -1.49. The summed E-state index contributed by atoms with van der Waals surface area (Å²) in [5.41, 5.74) is -1.49. The van der Waals surface area contributed by atoms with E-state index in [-0.39, 0.29) is 11.5 Å². The molecule has 1 heterocycles. The molecular weight excluding hydrogens is 225 g/mol. The van der Waals surface area contributed by atoms with E-state index in [1.54, 1.807) is 13.8 Å². The van der Waals surface area contributed by atoms with E-state index < -0.39 is 23.3 Å². The third kappa shape index (κ3) is 2.79. The van der Waals surface area contributed by atoms with Crippen LogP contribution < -0.4 is 0 Å². The Kier molecular flexibility index (Phi) is 3.83. The number of carboxylic acids is 1. The van der Waals surface area contributed by atoms with Crippen LogP contribution in [0, 0.1) is 17.7 Å². The van der Waals surface area contributed by atoms with E-state index in [0.717, 1.165) is 12.3 Å². The van der Waals surface area contributed by atoms with Crippen molar-refractivity contribution in [2.24, 2.45) is 11.8 Å². The molecule has 0 spiro atoms. The SMILES string of the molecule is CC(C)C(C(=O)O)C(C)(O)c1cncc(F)c1. The number of aliphatic carboxylic acids is 1. The molecule has 0 bridgehead atoms. The third-order valence-corrected chi connectivity index (χ3v) is 2.83. The van der Waals surface area contributed by atoms with E-state index >= 15 is 0 Å². The number of carboxylic acid groups (broad SMARTS) is 1. The summed E-state index contributed by atoms with van der Waals surface area (Å²) in [6, 6.07) is 1.10. The first-order chi connectivity index (χ1) is 7.76. The highest BCUT2D eigenvalue weighted by Crippen LogP contribution is 2.34. The second-order valence-corrected chi connectivity index (χ2v) is 4.60. The van der Waals surface area contributed by atoms with Crippen LogP contribution in [0.2, 0.25) is 0 Å². The number of carbonyl (C=O) groups is 1. The van der Waals surface area contributed by atoms with Gasteiger partial charge in [0.1, 0.15) is 11.4 Å². The first-order valence-corrected chi connectivity index (χ1v) is 5.33. The third-order valence-electron chi connectivity index (χ3n) is 2.83. The molecule has 2 N–H and O–H groups in total. The van der Waals surface area contributed by atoms with Crippen molar-refractivity contribution in [1.29, 1.82) is 0 Å². The summed E-state index contributed by atoms with van der Waals surface area (Å²) in [4.78, 5) is 14.8. The van der Waals surface area contributed by atoms with Crippen LogP contribution in [-0.2, 0) is 10.4 Å². The largest absolute Gasteiger partial charge is 0.481 e. The lowest BCUT2D eigenvalue weighted by atomic mass is 9.77. The summed E-state index contributed by atoms with van der Waals surface area (Å²) in [6.45, 7) is 4.75. The maximum Gasteiger partial charge on any atom is 0.310 e. The van der Waals surface area contributed by atoms with Crippen LogP contribution in [-0.4, -0.2) is 21.2 Å². The summed E-state index contributed by atoms with van der Waals surface area (Å²) < 4.78 is 13.0. The second kappa shape index (κ2) is 4.79. The maximum absolute atomic E-state index is 13.0. The summed E-state index contributed by atoms with van der Waals surface area (Å²) in [5, 5.41) is 19.5. The minimum Gasteiger partial charge on any atom is -0.481 e. The predicted molar refractivity (Wildman–Crippen MR) is 59.7 cm³/mol. The average Bonchev–Trinajstić information content (AvgIpc) is 2.15. The molecule has 1 aromatic heterocycles. The van der Waals surface area contributed by atoms with Crippen LogP contribution in [0.1, 0.15) is 26.3 Å². The van der Waals surface area contributed by atoms with Crippen molar-refractivity contribution in [3.63, 3.8) is 0 Å². The summed E-state index contributed by atoms with van der Waals surface area (Å²) >= 11 is 0. The van der Waals surface area contributed by atoms with Crippen molar-refractivity contribution < 1.29 is 19.4 Å². The molecule has 0 aliphatic heterocycles. The fourth-order valence-electron chi connectivity index (χ4n) is 2.04. The lowest BCUT2D eigenvalue weighted by Crippen LogP contribution is -2.40. The van der Waals surface area contributed by atoms with Crippen LogP contribution in [0.25, 0.3) is 0 Å². The van der Waals surface area contributed by atoms with Gasteiger partial charge in [0.2, 0.25) is 0 Å². The van der Waals surface area contributed by atoms with E-state index in [1.165, 1.54) is 13.1 Å². The molecule has 0 fully saturated rings. The normalized spacial score (nSPS) is 16.6. The summed E-state index contributed by atoms with van der Waals surface area (Å²) in [5.74, 6) is -3.03. The van der Waals surface area contributed by atoms with Crippen LogP contribution >= 0.6 is 0 Å². The van der Waals surface area contributed by atoms with E-state index in [2.05, 4.69) is 4.98 Å². The molecule has 0 radical (unpaired) electrons. The van der Waals surface area contributed by atoms with Crippen molar-refractivity contribution in [2.45, 2.75) is 26.4 Å². The van der Waals surface area contributed by atoms with Gasteiger partial charge >= 0.3 is 5.97 Å². The first-order valence-electron chi connectivity index (χ1n) is 5.33. The quantitative estimate of drug-likeness (QED) is 0.843. The van der Waals surface area contributed by atoms with Crippen LogP contribution in [0.5, 0.6) is 0 Å². The Morgan fingerprint density at radius 1 is 1.47 bits per heavy atom. The fraction of sp³-hybridized carbons (Fsp3) is 0.500. The number of aromatic nitrogens is 1. The Balaban J connectivity index is 3.20. The van der Waals surface area contributed by atoms with E-state index in [9.17, 15) is 14.3 Å². The van der Waals surface area contributed by atoms with Crippen LogP contribution in [0.3, 0.4) is 0 Å². The van der Waals surface area contributed by atoms with Gasteiger partial charge in [0.25, 0.3) is 0 Å². The summed E-state index contributed by atoms with van der Waals surface area (Å²) in [6.07, 6.45) is 2.28. The zero-order valence-electron chi connectivity index (χ0n) is 10.0. The summed E-state index contributed by atoms with van der Waals surface area (Å²) in [7, 11) is 0. The molecule has 4 nitrogen and oxygen atoms in total. The topological polar surface area (TPSA) is 70.4 Å². The van der Waals surface area contributed by atoms with E-state index in [0.29, 0.717) is 0 Å². The zero-order chi connectivity index (χ0) is 13.2. The van der Waals surface area contributed by atoms with Crippen molar-refractivity contribution >= 4 is 5.97 Å². The molecule has 1 aromatic rings. The zero-order valence-corrected chi connectivity index (χ0v) is 10.0. The minimum absolute atomic E-state index is 0.165. The minimum atomic E-state index is -1.66. The lowest BCUT2D eigenvalue weighted by Gasteiger charge is -2.32. The smallest absolute Gasteiger partial charge is 0.310 e. The Labute approximate surface area is 99.1 Å². The molecule has 0 saturated heterocycles. The van der Waals surface area contributed by atoms with Crippen molar-refractivity contribution in [2.75, 3.05) is 0 Å². The van der Waals surface area contributed by atoms with Crippen molar-refractivity contribution in [3.8, 4) is 0 Å². The second-order valence-electron chi connectivity index (χ2n) is 4.60. The molecule has 0 aliphatic carbocycles. The standard InChI is InChI=1S/C12H16FNO3/c1-7(2)10(11(15)16)12(3,17)8-4-9(13)6-14-5-8/h4-7,10,17H,1-3H3,(H,15,16). The van der Waals surface area contributed by atoms with Gasteiger partial charge < -0.3 is 10.2 Å². The fourth-order valence-corrected chi connectivity index (χ4v) is 2.04. The molecule has 2 unspecified atom stereocenters. The van der Waals surface area contributed by atoms with Gasteiger partial charge in [-0.1, -0.05) is 13.8 Å². The molecule has 0 aromatic carbocycles. The molecule has 0 saturated carbocycles. The van der Waals surface area contributed by atoms with Gasteiger partial charge in [-0.25, -0.2) is 4.39 Å². The molecular formula is C12H16FNO3. The monoisotopic (exact) mass is 241 g/mol. The molecule has 0 aliphatic rings. The molecule has 94 valence electrons. The highest BCUT2D eigenvalue weighted by Gasteiger charge is 2.41. The van der Waals surface area contributed by atoms with Gasteiger partial charge in [-0.2, -0.15) is 0 Å². The Morgan fingerprint density at radius 2 is 2.06 bits per heavy atom. The van der Waals surface area contributed by atoms with E-state index in [4.69, 9.17) is 5.11 Å². The lowest BCUT2D eigenvalue weighted by molar-refractivity contribution is -0.155. The number of hydrogen-bond donors (Lipinski definition) is 2. The highest BCUT2D eigenvalue weighted by atomic mass is 19.1. The van der Waals surface area contributed by atoms with Crippen molar-refractivity contribution in [1.82, 2.24) is 4.98 Å². The van der Waals surface area contributed by atoms with Gasteiger partial charge in [0.15, 0.2) is 0 Å². The number of aliphatic hydroxyl groups is 1.